The lowest BCUT2D eigenvalue weighted by atomic mass is 10.0. The molecule has 0 aliphatic rings. The molecule has 0 fully saturated rings. The molecule has 0 spiro atoms. The summed E-state index contributed by atoms with van der Waals surface area (Å²) in [6, 6.07) is 20.6. The Hall–Kier alpha value is -3.25. The molecule has 0 saturated heterocycles. The van der Waals surface area contributed by atoms with Crippen molar-refractivity contribution in [2.24, 2.45) is 4.40 Å². The molecule has 33 heavy (non-hydrogen) atoms. The largest absolute Gasteiger partial charge is 0.496 e. The molecule has 0 bridgehead atoms. The van der Waals surface area contributed by atoms with E-state index in [9.17, 15) is 4.79 Å². The fraction of sp³-hybridized carbons (Fsp3) is 0.259. The Morgan fingerprint density at radius 1 is 1.06 bits per heavy atom. The average molecular weight is 464 g/mol. The van der Waals surface area contributed by atoms with Gasteiger partial charge in [-0.1, -0.05) is 61.9 Å². The number of methoxy groups -OCH3 is 1. The van der Waals surface area contributed by atoms with Gasteiger partial charge in [0, 0.05) is 23.1 Å². The molecule has 3 rings (SSSR count). The fourth-order valence-electron chi connectivity index (χ4n) is 3.27. The first-order chi connectivity index (χ1) is 16.1. The zero-order valence-corrected chi connectivity index (χ0v) is 20.1. The molecule has 3 aromatic carbocycles. The quantitative estimate of drug-likeness (QED) is 0.104. The normalized spacial score (nSPS) is 10.9. The Labute approximate surface area is 199 Å². The molecule has 0 aliphatic heterocycles. The first-order valence-corrected chi connectivity index (χ1v) is 11.9. The van der Waals surface area contributed by atoms with Crippen LogP contribution in [0.15, 0.2) is 71.1 Å². The number of carbonyl (C=O) groups excluding carboxylic acids is 1. The third-order valence-electron chi connectivity index (χ3n) is 4.97. The molecule has 0 aromatic heterocycles. The van der Waals surface area contributed by atoms with E-state index in [1.807, 2.05) is 55.5 Å². The lowest BCUT2D eigenvalue weighted by Crippen LogP contribution is -2.14. The van der Waals surface area contributed by atoms with E-state index in [-0.39, 0.29) is 0 Å². The van der Waals surface area contributed by atoms with Crippen molar-refractivity contribution in [1.82, 2.24) is 0 Å². The minimum atomic E-state index is -0.499. The molecule has 0 heterocycles. The summed E-state index contributed by atoms with van der Waals surface area (Å²) >= 11 is 1.51. The zero-order chi connectivity index (χ0) is 23.5. The maximum Gasteiger partial charge on any atom is 0.347 e. The maximum absolute atomic E-state index is 13.2. The highest BCUT2D eigenvalue weighted by Gasteiger charge is 2.24. The van der Waals surface area contributed by atoms with Gasteiger partial charge >= 0.3 is 5.97 Å². The second-order valence-corrected chi connectivity index (χ2v) is 8.27. The number of esters is 1. The minimum absolute atomic E-state index is 0.320. The SMILES string of the molecule is CCCCSN=Cc1cc(OCc2ccccc2)c(C(=O)Oc2ccccc2)c(C)c1OC. The number of para-hydroxylation sites is 1. The van der Waals surface area contributed by atoms with Gasteiger partial charge in [-0.05, 0) is 49.1 Å². The van der Waals surface area contributed by atoms with E-state index in [4.69, 9.17) is 14.2 Å². The van der Waals surface area contributed by atoms with Gasteiger partial charge in [0.25, 0.3) is 0 Å². The summed E-state index contributed by atoms with van der Waals surface area (Å²) in [6.45, 7) is 4.30. The number of hydrogen-bond acceptors (Lipinski definition) is 6. The van der Waals surface area contributed by atoms with Crippen LogP contribution >= 0.6 is 11.9 Å². The third kappa shape index (κ3) is 6.86. The molecule has 172 valence electrons. The number of unbranched alkanes of at least 4 members (excludes halogenated alkanes) is 1. The van der Waals surface area contributed by atoms with Crippen molar-refractivity contribution in [3.05, 3.63) is 89.0 Å². The van der Waals surface area contributed by atoms with Crippen LogP contribution in [0.3, 0.4) is 0 Å². The summed E-state index contributed by atoms with van der Waals surface area (Å²) < 4.78 is 21.9. The van der Waals surface area contributed by atoms with Crippen LogP contribution in [0, 0.1) is 6.92 Å². The molecule has 0 aliphatic carbocycles. The molecule has 0 unspecified atom stereocenters. The van der Waals surface area contributed by atoms with Crippen LogP contribution in [-0.2, 0) is 6.61 Å². The highest BCUT2D eigenvalue weighted by molar-refractivity contribution is 7.98. The molecule has 0 atom stereocenters. The van der Waals surface area contributed by atoms with Crippen LogP contribution in [0.4, 0.5) is 0 Å². The molecule has 6 heteroatoms. The number of ether oxygens (including phenoxy) is 3. The highest BCUT2D eigenvalue weighted by Crippen LogP contribution is 2.35. The van der Waals surface area contributed by atoms with E-state index in [0.29, 0.717) is 35.0 Å². The van der Waals surface area contributed by atoms with Gasteiger partial charge in [-0.25, -0.2) is 9.19 Å². The first kappa shape index (κ1) is 24.4. The fourth-order valence-corrected chi connectivity index (χ4v) is 3.98. The van der Waals surface area contributed by atoms with Crippen molar-refractivity contribution < 1.29 is 19.0 Å². The van der Waals surface area contributed by atoms with Gasteiger partial charge < -0.3 is 14.2 Å². The van der Waals surface area contributed by atoms with E-state index >= 15 is 0 Å². The van der Waals surface area contributed by atoms with Crippen LogP contribution in [0.1, 0.15) is 46.8 Å². The molecule has 0 saturated carbocycles. The summed E-state index contributed by atoms with van der Waals surface area (Å²) in [6.07, 6.45) is 3.99. The second-order valence-electron chi connectivity index (χ2n) is 7.40. The molecule has 5 nitrogen and oxygen atoms in total. The van der Waals surface area contributed by atoms with Crippen molar-refractivity contribution >= 4 is 24.1 Å². The number of carbonyl (C=O) groups is 1. The van der Waals surface area contributed by atoms with Crippen LogP contribution < -0.4 is 14.2 Å². The van der Waals surface area contributed by atoms with Gasteiger partial charge in [-0.3, -0.25) is 0 Å². The molecular weight excluding hydrogens is 434 g/mol. The number of nitrogens with zero attached hydrogens (tertiary/aromatic N) is 1. The van der Waals surface area contributed by atoms with Crippen LogP contribution in [0.2, 0.25) is 0 Å². The lowest BCUT2D eigenvalue weighted by molar-refractivity contribution is 0.0728. The van der Waals surface area contributed by atoms with Gasteiger partial charge in [-0.15, -0.1) is 0 Å². The van der Waals surface area contributed by atoms with E-state index in [1.54, 1.807) is 31.5 Å². The van der Waals surface area contributed by atoms with Gasteiger partial charge in [0.1, 0.15) is 29.4 Å². The van der Waals surface area contributed by atoms with Crippen molar-refractivity contribution in [2.45, 2.75) is 33.3 Å². The molecule has 0 amide bonds. The Kier molecular flexibility index (Phi) is 9.39. The lowest BCUT2D eigenvalue weighted by Gasteiger charge is -2.18. The van der Waals surface area contributed by atoms with E-state index < -0.39 is 5.97 Å². The van der Waals surface area contributed by atoms with Crippen molar-refractivity contribution in [2.75, 3.05) is 12.9 Å². The Balaban J connectivity index is 1.96. The van der Waals surface area contributed by atoms with Crippen LogP contribution in [-0.4, -0.2) is 25.0 Å². The average Bonchev–Trinajstić information content (AvgIpc) is 2.83. The smallest absolute Gasteiger partial charge is 0.347 e. The maximum atomic E-state index is 13.2. The van der Waals surface area contributed by atoms with E-state index in [0.717, 1.165) is 29.7 Å². The summed E-state index contributed by atoms with van der Waals surface area (Å²) in [7, 11) is 1.58. The van der Waals surface area contributed by atoms with Crippen molar-refractivity contribution in [3.8, 4) is 17.2 Å². The second kappa shape index (κ2) is 12.7. The number of rotatable bonds is 11. The standard InChI is InChI=1S/C27H29NO4S/c1-4-5-16-33-28-18-22-17-24(31-19-21-12-8-6-9-13-21)25(20(2)26(22)30-3)27(29)32-23-14-10-7-11-15-23/h6-15,17-18H,4-5,16,19H2,1-3H3. The Bertz CT molecular complexity index is 1070. The van der Waals surface area contributed by atoms with Crippen molar-refractivity contribution in [3.63, 3.8) is 0 Å². The molecular formula is C27H29NO4S. The van der Waals surface area contributed by atoms with Crippen LogP contribution in [0.5, 0.6) is 17.2 Å². The Morgan fingerprint density at radius 3 is 2.42 bits per heavy atom. The third-order valence-corrected chi connectivity index (χ3v) is 5.69. The van der Waals surface area contributed by atoms with Gasteiger partial charge in [-0.2, -0.15) is 0 Å². The summed E-state index contributed by atoms with van der Waals surface area (Å²) in [5.41, 5.74) is 2.73. The number of hydrogen-bond donors (Lipinski definition) is 0. The monoisotopic (exact) mass is 463 g/mol. The summed E-state index contributed by atoms with van der Waals surface area (Å²) in [5.74, 6) is 1.92. The van der Waals surface area contributed by atoms with E-state index in [2.05, 4.69) is 11.3 Å². The Morgan fingerprint density at radius 2 is 1.76 bits per heavy atom. The minimum Gasteiger partial charge on any atom is -0.496 e. The van der Waals surface area contributed by atoms with Gasteiger partial charge in [0.05, 0.1) is 7.11 Å². The number of benzene rings is 3. The highest BCUT2D eigenvalue weighted by atomic mass is 32.2. The van der Waals surface area contributed by atoms with Gasteiger partial charge in [0.15, 0.2) is 0 Å². The van der Waals surface area contributed by atoms with Crippen LogP contribution in [0.25, 0.3) is 0 Å². The van der Waals surface area contributed by atoms with Gasteiger partial charge in [0.2, 0.25) is 0 Å². The topological polar surface area (TPSA) is 57.1 Å². The molecule has 0 radical (unpaired) electrons. The predicted molar refractivity (Wildman–Crippen MR) is 135 cm³/mol. The molecule has 3 aromatic rings. The zero-order valence-electron chi connectivity index (χ0n) is 19.2. The molecule has 0 N–H and O–H groups in total. The van der Waals surface area contributed by atoms with E-state index in [1.165, 1.54) is 11.9 Å². The predicted octanol–water partition coefficient (Wildman–Crippen LogP) is 6.67. The summed E-state index contributed by atoms with van der Waals surface area (Å²) in [4.78, 5) is 13.2. The van der Waals surface area contributed by atoms with Crippen molar-refractivity contribution in [1.29, 1.82) is 0 Å². The first-order valence-electron chi connectivity index (χ1n) is 10.9. The summed E-state index contributed by atoms with van der Waals surface area (Å²) in [5, 5.41) is 0.